The average molecular weight is 250 g/mol. The fourth-order valence-corrected chi connectivity index (χ4v) is 1.42. The van der Waals surface area contributed by atoms with E-state index in [0.29, 0.717) is 13.0 Å². The molecule has 0 atom stereocenters. The van der Waals surface area contributed by atoms with Crippen molar-refractivity contribution in [2.75, 3.05) is 13.7 Å². The van der Waals surface area contributed by atoms with Crippen molar-refractivity contribution in [1.29, 1.82) is 0 Å². The molecule has 0 heterocycles. The van der Waals surface area contributed by atoms with E-state index in [1.165, 1.54) is 7.11 Å². The number of benzene rings is 1. The fraction of sp³-hybridized carbons (Fsp3) is 0.533. The molecule has 0 unspecified atom stereocenters. The molecule has 0 radical (unpaired) electrons. The lowest BCUT2D eigenvalue weighted by Gasteiger charge is -2.18. The molecule has 0 saturated heterocycles. The van der Waals surface area contributed by atoms with E-state index < -0.39 is 0 Å². The lowest BCUT2D eigenvalue weighted by atomic mass is 9.93. The first kappa shape index (κ1) is 14.6. The van der Waals surface area contributed by atoms with Crippen LogP contribution in [0.3, 0.4) is 0 Å². The summed E-state index contributed by atoms with van der Waals surface area (Å²) in [6.45, 7) is 7.28. The van der Waals surface area contributed by atoms with Gasteiger partial charge in [-0.1, -0.05) is 32.9 Å². The summed E-state index contributed by atoms with van der Waals surface area (Å²) >= 11 is 0. The van der Waals surface area contributed by atoms with Crippen LogP contribution in [0.1, 0.15) is 32.8 Å². The smallest absolute Gasteiger partial charge is 0.309 e. The van der Waals surface area contributed by atoms with Gasteiger partial charge in [0.25, 0.3) is 0 Å². The number of rotatable bonds is 5. The number of methoxy groups -OCH3 is 1. The second-order valence-corrected chi connectivity index (χ2v) is 5.56. The van der Waals surface area contributed by atoms with E-state index in [1.807, 2.05) is 24.3 Å². The Balaban J connectivity index is 2.43. The first-order valence-electron chi connectivity index (χ1n) is 6.19. The van der Waals surface area contributed by atoms with Gasteiger partial charge >= 0.3 is 5.97 Å². The molecule has 0 saturated carbocycles. The zero-order chi connectivity index (χ0) is 13.6. The number of hydrogen-bond donors (Lipinski definition) is 0. The summed E-state index contributed by atoms with van der Waals surface area (Å²) in [6, 6.07) is 7.56. The molecule has 0 aromatic heterocycles. The number of ether oxygens (including phenoxy) is 2. The zero-order valence-corrected chi connectivity index (χ0v) is 11.7. The van der Waals surface area contributed by atoms with E-state index >= 15 is 0 Å². The third kappa shape index (κ3) is 5.71. The van der Waals surface area contributed by atoms with Crippen molar-refractivity contribution in [3.05, 3.63) is 29.8 Å². The first-order valence-corrected chi connectivity index (χ1v) is 6.19. The lowest BCUT2D eigenvalue weighted by molar-refractivity contribution is -0.139. The Morgan fingerprint density at radius 1 is 1.17 bits per heavy atom. The standard InChI is InChI=1S/C15H22O3/c1-15(2,3)9-10-18-13-7-5-12(6-8-13)11-14(16)17-4/h5-8H,9-11H2,1-4H3. The number of hydrogen-bond acceptors (Lipinski definition) is 3. The van der Waals surface area contributed by atoms with Gasteiger partial charge in [-0.05, 0) is 29.5 Å². The maximum atomic E-state index is 11.1. The van der Waals surface area contributed by atoms with Crippen LogP contribution >= 0.6 is 0 Å². The van der Waals surface area contributed by atoms with Gasteiger partial charge in [-0.15, -0.1) is 0 Å². The first-order chi connectivity index (χ1) is 8.40. The van der Waals surface area contributed by atoms with Crippen LogP contribution in [0.25, 0.3) is 0 Å². The van der Waals surface area contributed by atoms with Crippen LogP contribution in [0.4, 0.5) is 0 Å². The highest BCUT2D eigenvalue weighted by molar-refractivity contribution is 5.72. The van der Waals surface area contributed by atoms with Crippen LogP contribution in [0.5, 0.6) is 5.75 Å². The van der Waals surface area contributed by atoms with Crippen LogP contribution in [0, 0.1) is 5.41 Å². The van der Waals surface area contributed by atoms with Crippen LogP contribution in [-0.4, -0.2) is 19.7 Å². The third-order valence-electron chi connectivity index (χ3n) is 2.62. The molecule has 0 spiro atoms. The molecule has 3 heteroatoms. The molecule has 18 heavy (non-hydrogen) atoms. The summed E-state index contributed by atoms with van der Waals surface area (Å²) in [5.74, 6) is 0.615. The SMILES string of the molecule is COC(=O)Cc1ccc(OCCC(C)(C)C)cc1. The van der Waals surface area contributed by atoms with Crippen LogP contribution < -0.4 is 4.74 Å². The molecule has 0 bridgehead atoms. The van der Waals surface area contributed by atoms with Crippen molar-refractivity contribution >= 4 is 5.97 Å². The van der Waals surface area contributed by atoms with Crippen LogP contribution in [0.15, 0.2) is 24.3 Å². The molecule has 1 rings (SSSR count). The van der Waals surface area contributed by atoms with Crippen molar-refractivity contribution in [1.82, 2.24) is 0 Å². The zero-order valence-electron chi connectivity index (χ0n) is 11.7. The highest BCUT2D eigenvalue weighted by Gasteiger charge is 2.10. The normalized spacial score (nSPS) is 11.1. The summed E-state index contributed by atoms with van der Waals surface area (Å²) in [5.41, 5.74) is 1.22. The molecule has 0 N–H and O–H groups in total. The maximum Gasteiger partial charge on any atom is 0.309 e. The highest BCUT2D eigenvalue weighted by atomic mass is 16.5. The van der Waals surface area contributed by atoms with Gasteiger partial charge in [0, 0.05) is 0 Å². The Hall–Kier alpha value is -1.51. The van der Waals surface area contributed by atoms with E-state index in [0.717, 1.165) is 17.7 Å². The van der Waals surface area contributed by atoms with Gasteiger partial charge in [-0.3, -0.25) is 4.79 Å². The van der Waals surface area contributed by atoms with Gasteiger partial charge in [0.15, 0.2) is 0 Å². The predicted octanol–water partition coefficient (Wildman–Crippen LogP) is 3.22. The quantitative estimate of drug-likeness (QED) is 0.753. The van der Waals surface area contributed by atoms with Crippen molar-refractivity contribution < 1.29 is 14.3 Å². The Morgan fingerprint density at radius 3 is 2.28 bits per heavy atom. The van der Waals surface area contributed by atoms with Crippen molar-refractivity contribution in [2.45, 2.75) is 33.6 Å². The fourth-order valence-electron chi connectivity index (χ4n) is 1.42. The average Bonchev–Trinajstić information content (AvgIpc) is 2.29. The summed E-state index contributed by atoms with van der Waals surface area (Å²) in [7, 11) is 1.40. The van der Waals surface area contributed by atoms with Gasteiger partial charge in [0.05, 0.1) is 20.1 Å². The molecular weight excluding hydrogens is 228 g/mol. The Morgan fingerprint density at radius 2 is 1.78 bits per heavy atom. The minimum atomic E-state index is -0.226. The van der Waals surface area contributed by atoms with E-state index in [4.69, 9.17) is 4.74 Å². The predicted molar refractivity (Wildman–Crippen MR) is 71.7 cm³/mol. The highest BCUT2D eigenvalue weighted by Crippen LogP contribution is 2.19. The second kappa shape index (κ2) is 6.43. The van der Waals surface area contributed by atoms with Gasteiger partial charge in [-0.2, -0.15) is 0 Å². The van der Waals surface area contributed by atoms with Gasteiger partial charge in [-0.25, -0.2) is 0 Å². The minimum Gasteiger partial charge on any atom is -0.494 e. The Labute approximate surface area is 109 Å². The molecule has 3 nitrogen and oxygen atoms in total. The molecule has 0 aliphatic carbocycles. The number of esters is 1. The number of carbonyl (C=O) groups is 1. The van der Waals surface area contributed by atoms with E-state index in [1.54, 1.807) is 0 Å². The second-order valence-electron chi connectivity index (χ2n) is 5.56. The molecule has 1 aromatic carbocycles. The van der Waals surface area contributed by atoms with Crippen molar-refractivity contribution in [3.8, 4) is 5.75 Å². The largest absolute Gasteiger partial charge is 0.494 e. The summed E-state index contributed by atoms with van der Waals surface area (Å²) in [6.07, 6.45) is 1.32. The van der Waals surface area contributed by atoms with Gasteiger partial charge in [0.2, 0.25) is 0 Å². The monoisotopic (exact) mass is 250 g/mol. The van der Waals surface area contributed by atoms with E-state index in [-0.39, 0.29) is 11.4 Å². The third-order valence-corrected chi connectivity index (χ3v) is 2.62. The molecular formula is C15H22O3. The molecule has 0 amide bonds. The molecule has 1 aromatic rings. The summed E-state index contributed by atoms with van der Waals surface area (Å²) in [4.78, 5) is 11.1. The van der Waals surface area contributed by atoms with Crippen LogP contribution in [-0.2, 0) is 16.0 Å². The topological polar surface area (TPSA) is 35.5 Å². The summed E-state index contributed by atoms with van der Waals surface area (Å²) in [5, 5.41) is 0. The van der Waals surface area contributed by atoms with Crippen molar-refractivity contribution in [2.24, 2.45) is 5.41 Å². The maximum absolute atomic E-state index is 11.1. The Kier molecular flexibility index (Phi) is 5.20. The number of carbonyl (C=O) groups excluding carboxylic acids is 1. The summed E-state index contributed by atoms with van der Waals surface area (Å²) < 4.78 is 10.3. The lowest BCUT2D eigenvalue weighted by Crippen LogP contribution is -2.11. The van der Waals surface area contributed by atoms with Crippen molar-refractivity contribution in [3.63, 3.8) is 0 Å². The van der Waals surface area contributed by atoms with E-state index in [9.17, 15) is 4.79 Å². The van der Waals surface area contributed by atoms with Gasteiger partial charge in [0.1, 0.15) is 5.75 Å². The molecule has 0 aliphatic rings. The molecule has 0 fully saturated rings. The Bertz CT molecular complexity index is 374. The van der Waals surface area contributed by atoms with Gasteiger partial charge < -0.3 is 9.47 Å². The van der Waals surface area contributed by atoms with Crippen LogP contribution in [0.2, 0.25) is 0 Å². The molecule has 0 aliphatic heterocycles. The molecule has 100 valence electrons. The minimum absolute atomic E-state index is 0.226. The van der Waals surface area contributed by atoms with E-state index in [2.05, 4.69) is 25.5 Å².